The Balaban J connectivity index is 1.47. The highest BCUT2D eigenvalue weighted by Gasteiger charge is 2.30. The number of hydrogen-bond donors (Lipinski definition) is 0. The van der Waals surface area contributed by atoms with Crippen LogP contribution in [0.3, 0.4) is 0 Å². The van der Waals surface area contributed by atoms with E-state index in [9.17, 15) is 13.2 Å². The third kappa shape index (κ3) is 5.58. The van der Waals surface area contributed by atoms with Crippen LogP contribution in [-0.4, -0.2) is 18.8 Å². The fourth-order valence-corrected chi connectivity index (χ4v) is 4.86. The van der Waals surface area contributed by atoms with Gasteiger partial charge in [-0.2, -0.15) is 13.2 Å². The molecule has 0 aliphatic carbocycles. The van der Waals surface area contributed by atoms with Crippen LogP contribution in [0, 0.1) is 12.8 Å². The Hall–Kier alpha value is -2.82. The summed E-state index contributed by atoms with van der Waals surface area (Å²) in [4.78, 5) is 7.29. The number of halogens is 3. The number of benzene rings is 2. The molecule has 0 bridgehead atoms. The van der Waals surface area contributed by atoms with Crippen LogP contribution >= 0.6 is 0 Å². The molecular weight excluding hydrogens is 421 g/mol. The predicted octanol–water partition coefficient (Wildman–Crippen LogP) is 7.54. The number of nitrogens with zero attached hydrogens (tertiary/aromatic N) is 2. The summed E-state index contributed by atoms with van der Waals surface area (Å²) in [5, 5.41) is 0. The van der Waals surface area contributed by atoms with Crippen molar-refractivity contribution < 1.29 is 13.2 Å². The first-order valence-corrected chi connectivity index (χ1v) is 11.7. The average molecular weight is 453 g/mol. The molecule has 2 aliphatic rings. The molecule has 2 aromatic carbocycles. The van der Waals surface area contributed by atoms with E-state index in [1.54, 1.807) is 12.1 Å². The molecule has 174 valence electrons. The van der Waals surface area contributed by atoms with Crippen LogP contribution in [0.2, 0.25) is 0 Å². The SMILES string of the molecule is Cc1ccccc1N1CCC2=C(C1)C(C)C/C=C/N=C2CCCc1ccc(C(F)(F)F)cc1. The van der Waals surface area contributed by atoms with E-state index >= 15 is 0 Å². The summed E-state index contributed by atoms with van der Waals surface area (Å²) < 4.78 is 38.4. The van der Waals surface area contributed by atoms with E-state index in [0.29, 0.717) is 5.92 Å². The van der Waals surface area contributed by atoms with Crippen LogP contribution in [0.15, 0.2) is 76.9 Å². The Morgan fingerprint density at radius 2 is 1.79 bits per heavy atom. The number of aliphatic imine (C=N–C) groups is 1. The van der Waals surface area contributed by atoms with Gasteiger partial charge >= 0.3 is 6.18 Å². The van der Waals surface area contributed by atoms with Crippen molar-refractivity contribution in [1.82, 2.24) is 0 Å². The van der Waals surface area contributed by atoms with E-state index in [-0.39, 0.29) is 0 Å². The summed E-state index contributed by atoms with van der Waals surface area (Å²) in [6.07, 6.45) is 4.20. The molecule has 5 heteroatoms. The molecule has 2 heterocycles. The van der Waals surface area contributed by atoms with Gasteiger partial charge in [0.2, 0.25) is 0 Å². The van der Waals surface area contributed by atoms with E-state index in [1.807, 2.05) is 6.20 Å². The van der Waals surface area contributed by atoms with Crippen molar-refractivity contribution in [2.24, 2.45) is 10.9 Å². The minimum atomic E-state index is -4.29. The number of aryl methyl sites for hydroxylation is 2. The second kappa shape index (κ2) is 9.98. The molecular formula is C28H31F3N2. The first kappa shape index (κ1) is 23.3. The van der Waals surface area contributed by atoms with Crippen LogP contribution in [0.5, 0.6) is 0 Å². The van der Waals surface area contributed by atoms with Crippen molar-refractivity contribution in [2.45, 2.75) is 52.1 Å². The molecule has 1 atom stereocenters. The van der Waals surface area contributed by atoms with Gasteiger partial charge in [-0.1, -0.05) is 43.3 Å². The second-order valence-electron chi connectivity index (χ2n) is 9.11. The second-order valence-corrected chi connectivity index (χ2v) is 9.11. The molecule has 0 amide bonds. The van der Waals surface area contributed by atoms with E-state index < -0.39 is 11.7 Å². The van der Waals surface area contributed by atoms with Gasteiger partial charge in [-0.3, -0.25) is 4.99 Å². The van der Waals surface area contributed by atoms with Crippen molar-refractivity contribution in [3.05, 3.63) is 88.6 Å². The van der Waals surface area contributed by atoms with Gasteiger partial charge in [0.05, 0.1) is 5.56 Å². The molecule has 0 aromatic heterocycles. The topological polar surface area (TPSA) is 15.6 Å². The first-order valence-electron chi connectivity index (χ1n) is 11.7. The Morgan fingerprint density at radius 1 is 1.03 bits per heavy atom. The number of hydrogen-bond acceptors (Lipinski definition) is 2. The Morgan fingerprint density at radius 3 is 2.52 bits per heavy atom. The number of para-hydroxylation sites is 1. The fraction of sp³-hybridized carbons (Fsp3) is 0.393. The lowest BCUT2D eigenvalue weighted by molar-refractivity contribution is -0.137. The minimum Gasteiger partial charge on any atom is -0.367 e. The van der Waals surface area contributed by atoms with Crippen molar-refractivity contribution >= 4 is 11.4 Å². The zero-order chi connectivity index (χ0) is 23.4. The van der Waals surface area contributed by atoms with E-state index in [1.165, 1.54) is 34.5 Å². The van der Waals surface area contributed by atoms with Gasteiger partial charge in [0.25, 0.3) is 0 Å². The van der Waals surface area contributed by atoms with E-state index in [0.717, 1.165) is 56.5 Å². The molecule has 2 nitrogen and oxygen atoms in total. The zero-order valence-corrected chi connectivity index (χ0v) is 19.3. The molecule has 0 radical (unpaired) electrons. The highest BCUT2D eigenvalue weighted by atomic mass is 19.4. The lowest BCUT2D eigenvalue weighted by Gasteiger charge is -2.36. The maximum Gasteiger partial charge on any atom is 0.416 e. The third-order valence-corrected chi connectivity index (χ3v) is 6.77. The summed E-state index contributed by atoms with van der Waals surface area (Å²) in [5.41, 5.74) is 6.95. The van der Waals surface area contributed by atoms with Crippen LogP contribution in [0.25, 0.3) is 0 Å². The van der Waals surface area contributed by atoms with Crippen LogP contribution in [0.4, 0.5) is 18.9 Å². The number of allylic oxidation sites excluding steroid dienone is 1. The van der Waals surface area contributed by atoms with Gasteiger partial charge < -0.3 is 4.90 Å². The van der Waals surface area contributed by atoms with Crippen LogP contribution in [-0.2, 0) is 12.6 Å². The summed E-state index contributed by atoms with van der Waals surface area (Å²) in [6, 6.07) is 14.1. The standard InChI is InChI=1S/C28H31F3N2/c1-20-8-6-17-32-26(10-5-9-22-12-14-23(15-13-22)28(29,30)31)24-16-18-33(19-25(20)24)27-11-4-3-7-21(27)2/h3-4,6-7,11-15,17,20H,5,8-10,16,18-19H2,1-2H3/b17-6+,32-26?. The van der Waals surface area contributed by atoms with Gasteiger partial charge in [-0.15, -0.1) is 0 Å². The van der Waals surface area contributed by atoms with Gasteiger partial charge in [-0.05, 0) is 85.4 Å². The predicted molar refractivity (Wildman–Crippen MR) is 130 cm³/mol. The lowest BCUT2D eigenvalue weighted by Crippen LogP contribution is -2.36. The third-order valence-electron chi connectivity index (χ3n) is 6.77. The molecule has 0 saturated heterocycles. The summed E-state index contributed by atoms with van der Waals surface area (Å²) in [5.74, 6) is 0.462. The molecule has 0 spiro atoms. The van der Waals surface area contributed by atoms with Gasteiger partial charge in [0.15, 0.2) is 0 Å². The van der Waals surface area contributed by atoms with Gasteiger partial charge in [0, 0.05) is 30.7 Å². The molecule has 33 heavy (non-hydrogen) atoms. The maximum atomic E-state index is 12.8. The monoisotopic (exact) mass is 452 g/mol. The van der Waals surface area contributed by atoms with Gasteiger partial charge in [0.1, 0.15) is 0 Å². The number of anilines is 1. The normalized spacial score (nSPS) is 20.1. The summed E-state index contributed by atoms with van der Waals surface area (Å²) >= 11 is 0. The molecule has 2 aliphatic heterocycles. The molecule has 2 aromatic rings. The Labute approximate surface area is 194 Å². The lowest BCUT2D eigenvalue weighted by atomic mass is 9.84. The molecule has 0 fully saturated rings. The number of rotatable bonds is 5. The molecule has 0 saturated carbocycles. The van der Waals surface area contributed by atoms with Crippen molar-refractivity contribution in [3.63, 3.8) is 0 Å². The zero-order valence-electron chi connectivity index (χ0n) is 19.3. The average Bonchev–Trinajstić information content (AvgIpc) is 2.79. The van der Waals surface area contributed by atoms with Crippen LogP contribution in [0.1, 0.15) is 49.3 Å². The Bertz CT molecular complexity index is 1060. The fourth-order valence-electron chi connectivity index (χ4n) is 4.86. The van der Waals surface area contributed by atoms with Crippen molar-refractivity contribution in [1.29, 1.82) is 0 Å². The minimum absolute atomic E-state index is 0.462. The number of alkyl halides is 3. The smallest absolute Gasteiger partial charge is 0.367 e. The molecule has 4 rings (SSSR count). The first-order chi connectivity index (χ1) is 15.8. The largest absolute Gasteiger partial charge is 0.416 e. The Kier molecular flexibility index (Phi) is 7.06. The van der Waals surface area contributed by atoms with Crippen molar-refractivity contribution in [3.8, 4) is 0 Å². The van der Waals surface area contributed by atoms with E-state index in [4.69, 9.17) is 4.99 Å². The summed E-state index contributed by atoms with van der Waals surface area (Å²) in [6.45, 7) is 6.36. The molecule has 0 N–H and O–H groups in total. The van der Waals surface area contributed by atoms with Crippen molar-refractivity contribution in [2.75, 3.05) is 18.0 Å². The maximum absolute atomic E-state index is 12.8. The highest BCUT2D eigenvalue weighted by Crippen LogP contribution is 2.34. The van der Waals surface area contributed by atoms with Gasteiger partial charge in [-0.25, -0.2) is 0 Å². The highest BCUT2D eigenvalue weighted by molar-refractivity contribution is 6.01. The molecule has 1 unspecified atom stereocenters. The van der Waals surface area contributed by atoms with E-state index in [2.05, 4.69) is 49.1 Å². The van der Waals surface area contributed by atoms with Crippen LogP contribution < -0.4 is 4.90 Å². The quantitative estimate of drug-likeness (QED) is 0.458. The summed E-state index contributed by atoms with van der Waals surface area (Å²) in [7, 11) is 0.